The minimum Gasteiger partial charge on any atom is -0.506 e. The summed E-state index contributed by atoms with van der Waals surface area (Å²) in [6.07, 6.45) is 0. The Morgan fingerprint density at radius 1 is 1.47 bits per heavy atom. The van der Waals surface area contributed by atoms with Gasteiger partial charge in [0.2, 0.25) is 15.9 Å². The van der Waals surface area contributed by atoms with Gasteiger partial charge in [-0.05, 0) is 25.1 Å². The Kier molecular flexibility index (Phi) is 3.59. The number of carbonyl (C=O) groups is 1. The first-order valence-electron chi connectivity index (χ1n) is 4.64. The lowest BCUT2D eigenvalue weighted by atomic mass is 10.3. The van der Waals surface area contributed by atoms with Gasteiger partial charge in [0, 0.05) is 0 Å². The Morgan fingerprint density at radius 3 is 2.53 bits per heavy atom. The number of carbonyl (C=O) groups excluding carboxylic acids is 1. The second kappa shape index (κ2) is 4.60. The van der Waals surface area contributed by atoms with Crippen LogP contribution in [0, 0.1) is 0 Å². The molecule has 1 unspecified atom stereocenters. The molecule has 1 aromatic carbocycles. The molecule has 0 saturated carbocycles. The SMILES string of the molecule is CC(NS(=O)(=O)c1ccc(O)c(N)c1)C(N)=O. The van der Waals surface area contributed by atoms with Crippen LogP contribution in [0.2, 0.25) is 0 Å². The fourth-order valence-electron chi connectivity index (χ4n) is 1.06. The highest BCUT2D eigenvalue weighted by Crippen LogP contribution is 2.23. The van der Waals surface area contributed by atoms with Crippen molar-refractivity contribution in [2.45, 2.75) is 17.9 Å². The van der Waals surface area contributed by atoms with Gasteiger partial charge in [0.05, 0.1) is 16.6 Å². The first-order chi connectivity index (χ1) is 7.74. The van der Waals surface area contributed by atoms with Crippen LogP contribution in [0.3, 0.4) is 0 Å². The molecule has 17 heavy (non-hydrogen) atoms. The number of rotatable bonds is 4. The number of nitrogens with one attached hydrogen (secondary N) is 1. The smallest absolute Gasteiger partial charge is 0.241 e. The van der Waals surface area contributed by atoms with Crippen molar-refractivity contribution >= 4 is 21.6 Å². The molecule has 1 rings (SSSR count). The van der Waals surface area contributed by atoms with Crippen LogP contribution < -0.4 is 16.2 Å². The molecule has 0 saturated heterocycles. The van der Waals surface area contributed by atoms with E-state index in [0.29, 0.717) is 0 Å². The van der Waals surface area contributed by atoms with Crippen molar-refractivity contribution in [3.63, 3.8) is 0 Å². The molecule has 0 heterocycles. The van der Waals surface area contributed by atoms with Gasteiger partial charge in [-0.25, -0.2) is 8.42 Å². The van der Waals surface area contributed by atoms with Gasteiger partial charge in [-0.3, -0.25) is 4.79 Å². The number of amides is 1. The van der Waals surface area contributed by atoms with Crippen molar-refractivity contribution in [2.75, 3.05) is 5.73 Å². The monoisotopic (exact) mass is 259 g/mol. The maximum Gasteiger partial charge on any atom is 0.241 e. The predicted molar refractivity (Wildman–Crippen MR) is 61.5 cm³/mol. The number of nitrogens with two attached hydrogens (primary N) is 2. The molecule has 94 valence electrons. The lowest BCUT2D eigenvalue weighted by molar-refractivity contribution is -0.119. The lowest BCUT2D eigenvalue weighted by Gasteiger charge is -2.11. The highest BCUT2D eigenvalue weighted by atomic mass is 32.2. The standard InChI is InChI=1S/C9H13N3O4S/c1-5(9(11)14)12-17(15,16)6-2-3-8(13)7(10)4-6/h2-5,12-13H,10H2,1H3,(H2,11,14). The van der Waals surface area contributed by atoms with E-state index in [2.05, 4.69) is 4.72 Å². The molecule has 0 aliphatic rings. The molecule has 0 radical (unpaired) electrons. The molecule has 1 amide bonds. The number of hydrogen-bond acceptors (Lipinski definition) is 5. The average molecular weight is 259 g/mol. The van der Waals surface area contributed by atoms with E-state index >= 15 is 0 Å². The van der Waals surface area contributed by atoms with E-state index in [0.717, 1.165) is 12.1 Å². The highest BCUT2D eigenvalue weighted by molar-refractivity contribution is 7.89. The molecule has 0 aliphatic carbocycles. The first kappa shape index (κ1) is 13.3. The molecular formula is C9H13N3O4S. The van der Waals surface area contributed by atoms with Gasteiger partial charge in [0.15, 0.2) is 0 Å². The molecule has 0 bridgehead atoms. The Bertz CT molecular complexity index is 541. The fraction of sp³-hybridized carbons (Fsp3) is 0.222. The normalized spacial score (nSPS) is 13.2. The molecule has 6 N–H and O–H groups in total. The lowest BCUT2D eigenvalue weighted by Crippen LogP contribution is -2.42. The molecule has 8 heteroatoms. The van der Waals surface area contributed by atoms with Gasteiger partial charge in [0.1, 0.15) is 5.75 Å². The van der Waals surface area contributed by atoms with E-state index in [4.69, 9.17) is 16.6 Å². The topological polar surface area (TPSA) is 136 Å². The largest absolute Gasteiger partial charge is 0.506 e. The quantitative estimate of drug-likeness (QED) is 0.411. The number of anilines is 1. The van der Waals surface area contributed by atoms with E-state index in [9.17, 15) is 13.2 Å². The summed E-state index contributed by atoms with van der Waals surface area (Å²) in [7, 11) is -3.89. The Hall–Kier alpha value is -1.80. The zero-order valence-electron chi connectivity index (χ0n) is 9.04. The van der Waals surface area contributed by atoms with Crippen LogP contribution in [-0.4, -0.2) is 25.5 Å². The van der Waals surface area contributed by atoms with Crippen molar-refractivity contribution in [2.24, 2.45) is 5.73 Å². The maximum absolute atomic E-state index is 11.8. The summed E-state index contributed by atoms with van der Waals surface area (Å²) in [5.74, 6) is -1.01. The number of phenols is 1. The van der Waals surface area contributed by atoms with Crippen molar-refractivity contribution in [3.8, 4) is 5.75 Å². The number of benzene rings is 1. The Labute approximate surface area is 98.5 Å². The minimum absolute atomic E-state index is 0.0698. The van der Waals surface area contributed by atoms with Crippen molar-refractivity contribution in [3.05, 3.63) is 18.2 Å². The summed E-state index contributed by atoms with van der Waals surface area (Å²) in [4.78, 5) is 10.6. The average Bonchev–Trinajstić information content (AvgIpc) is 2.21. The highest BCUT2D eigenvalue weighted by Gasteiger charge is 2.20. The van der Waals surface area contributed by atoms with E-state index < -0.39 is 22.0 Å². The van der Waals surface area contributed by atoms with E-state index in [1.165, 1.54) is 13.0 Å². The molecule has 0 spiro atoms. The summed E-state index contributed by atoms with van der Waals surface area (Å²) in [5.41, 5.74) is 10.2. The van der Waals surface area contributed by atoms with Gasteiger partial charge >= 0.3 is 0 Å². The summed E-state index contributed by atoms with van der Waals surface area (Å²) in [6, 6.07) is 2.38. The van der Waals surface area contributed by atoms with Gasteiger partial charge < -0.3 is 16.6 Å². The fourth-order valence-corrected chi connectivity index (χ4v) is 2.31. The predicted octanol–water partition coefficient (Wildman–Crippen LogP) is -0.874. The summed E-state index contributed by atoms with van der Waals surface area (Å²) in [5, 5.41) is 9.17. The van der Waals surface area contributed by atoms with Crippen LogP contribution in [-0.2, 0) is 14.8 Å². The number of aromatic hydroxyl groups is 1. The van der Waals surface area contributed by atoms with E-state index in [1.807, 2.05) is 0 Å². The zero-order valence-corrected chi connectivity index (χ0v) is 9.86. The third kappa shape index (κ3) is 3.08. The van der Waals surface area contributed by atoms with Crippen molar-refractivity contribution < 1.29 is 18.3 Å². The van der Waals surface area contributed by atoms with Crippen LogP contribution in [0.5, 0.6) is 5.75 Å². The molecule has 0 aromatic heterocycles. The second-order valence-corrected chi connectivity index (χ2v) is 5.18. The minimum atomic E-state index is -3.89. The number of hydrogen-bond donors (Lipinski definition) is 4. The molecule has 0 aliphatic heterocycles. The van der Waals surface area contributed by atoms with Crippen molar-refractivity contribution in [1.82, 2.24) is 4.72 Å². The number of phenolic OH excluding ortho intramolecular Hbond substituents is 1. The van der Waals surface area contributed by atoms with Gasteiger partial charge in [-0.2, -0.15) is 4.72 Å². The summed E-state index contributed by atoms with van der Waals surface area (Å²) in [6.45, 7) is 1.32. The van der Waals surface area contributed by atoms with Crippen LogP contribution in [0.15, 0.2) is 23.1 Å². The van der Waals surface area contributed by atoms with Gasteiger partial charge in [-0.15, -0.1) is 0 Å². The Morgan fingerprint density at radius 2 is 2.06 bits per heavy atom. The van der Waals surface area contributed by atoms with Crippen molar-refractivity contribution in [1.29, 1.82) is 0 Å². The summed E-state index contributed by atoms with van der Waals surface area (Å²) >= 11 is 0. The third-order valence-electron chi connectivity index (χ3n) is 2.07. The van der Waals surface area contributed by atoms with Crippen LogP contribution in [0.1, 0.15) is 6.92 Å². The van der Waals surface area contributed by atoms with Gasteiger partial charge in [0.25, 0.3) is 0 Å². The number of sulfonamides is 1. The Balaban J connectivity index is 3.05. The van der Waals surface area contributed by atoms with E-state index in [-0.39, 0.29) is 16.3 Å². The third-order valence-corrected chi connectivity index (χ3v) is 3.61. The molecule has 1 atom stereocenters. The number of nitrogen functional groups attached to an aromatic ring is 1. The molecule has 1 aromatic rings. The van der Waals surface area contributed by atoms with Crippen LogP contribution >= 0.6 is 0 Å². The number of primary amides is 1. The van der Waals surface area contributed by atoms with Crippen LogP contribution in [0.4, 0.5) is 5.69 Å². The zero-order chi connectivity index (χ0) is 13.2. The molecule has 7 nitrogen and oxygen atoms in total. The van der Waals surface area contributed by atoms with Gasteiger partial charge in [-0.1, -0.05) is 0 Å². The molecule has 0 fully saturated rings. The second-order valence-electron chi connectivity index (χ2n) is 3.47. The summed E-state index contributed by atoms with van der Waals surface area (Å²) < 4.78 is 25.6. The van der Waals surface area contributed by atoms with E-state index in [1.54, 1.807) is 0 Å². The molecular weight excluding hydrogens is 246 g/mol. The van der Waals surface area contributed by atoms with Crippen LogP contribution in [0.25, 0.3) is 0 Å². The maximum atomic E-state index is 11.8. The first-order valence-corrected chi connectivity index (χ1v) is 6.12.